The molecule has 0 spiro atoms. The van der Waals surface area contributed by atoms with E-state index in [0.29, 0.717) is 11.6 Å². The molecule has 0 unspecified atom stereocenters. The number of carbonyl (C=O) groups is 1. The van der Waals surface area contributed by atoms with Crippen LogP contribution < -0.4 is 5.69 Å². The Morgan fingerprint density at radius 1 is 1.18 bits per heavy atom. The van der Waals surface area contributed by atoms with E-state index in [-0.39, 0.29) is 12.1 Å². The highest BCUT2D eigenvalue weighted by Crippen LogP contribution is 2.31. The smallest absolute Gasteiger partial charge is 0.323 e. The second kappa shape index (κ2) is 5.21. The lowest BCUT2D eigenvalue weighted by Gasteiger charge is -2.13. The maximum Gasteiger partial charge on any atom is 0.323 e. The van der Waals surface area contributed by atoms with Gasteiger partial charge in [0.25, 0.3) is 0 Å². The van der Waals surface area contributed by atoms with Crippen LogP contribution in [0.5, 0.6) is 0 Å². The molecule has 94 valence electrons. The first-order valence-electron chi connectivity index (χ1n) is 6.19. The fourth-order valence-electron chi connectivity index (χ4n) is 2.64. The van der Waals surface area contributed by atoms with Crippen LogP contribution in [0.4, 0.5) is 0 Å². The van der Waals surface area contributed by atoms with Crippen molar-refractivity contribution in [3.63, 3.8) is 0 Å². The Morgan fingerprint density at radius 3 is 2.41 bits per heavy atom. The molecule has 1 aliphatic rings. The Morgan fingerprint density at radius 2 is 1.82 bits per heavy atom. The number of rotatable bonds is 3. The maximum absolute atomic E-state index is 11.3. The van der Waals surface area contributed by atoms with E-state index in [2.05, 4.69) is 9.97 Å². The number of aliphatic carboxylic acids is 1. The average molecular weight is 238 g/mol. The molecular weight excluding hydrogens is 220 g/mol. The molecule has 1 aliphatic carbocycles. The number of nitrogens with one attached hydrogen (secondary N) is 2. The normalized spacial score (nSPS) is 17.9. The van der Waals surface area contributed by atoms with Gasteiger partial charge in [-0.25, -0.2) is 4.79 Å². The number of imidazole rings is 1. The van der Waals surface area contributed by atoms with Crippen LogP contribution in [0.1, 0.15) is 55.8 Å². The van der Waals surface area contributed by atoms with E-state index in [1.807, 2.05) is 0 Å². The zero-order valence-electron chi connectivity index (χ0n) is 9.79. The Balaban J connectivity index is 2.23. The van der Waals surface area contributed by atoms with Crippen LogP contribution in [-0.4, -0.2) is 21.0 Å². The summed E-state index contributed by atoms with van der Waals surface area (Å²) in [5, 5.41) is 8.82. The van der Waals surface area contributed by atoms with Crippen LogP contribution in [-0.2, 0) is 11.2 Å². The third-order valence-corrected chi connectivity index (χ3v) is 3.43. The summed E-state index contributed by atoms with van der Waals surface area (Å²) in [6.07, 6.45) is 6.76. The molecule has 1 fully saturated rings. The molecular formula is C12H18N2O3. The van der Waals surface area contributed by atoms with Gasteiger partial charge in [0.1, 0.15) is 0 Å². The highest BCUT2D eigenvalue weighted by molar-refractivity contribution is 5.69. The Kier molecular flexibility index (Phi) is 3.66. The molecule has 1 heterocycles. The van der Waals surface area contributed by atoms with Crippen molar-refractivity contribution in [1.29, 1.82) is 0 Å². The Hall–Kier alpha value is -1.52. The van der Waals surface area contributed by atoms with E-state index in [9.17, 15) is 9.59 Å². The number of H-pyrrole nitrogens is 2. The van der Waals surface area contributed by atoms with Gasteiger partial charge < -0.3 is 15.1 Å². The minimum absolute atomic E-state index is 0.107. The summed E-state index contributed by atoms with van der Waals surface area (Å²) in [6, 6.07) is 0. The van der Waals surface area contributed by atoms with E-state index in [4.69, 9.17) is 5.11 Å². The summed E-state index contributed by atoms with van der Waals surface area (Å²) in [5.41, 5.74) is 1.08. The highest BCUT2D eigenvalue weighted by Gasteiger charge is 2.21. The van der Waals surface area contributed by atoms with E-state index >= 15 is 0 Å². The fraction of sp³-hybridized carbons (Fsp3) is 0.667. The molecule has 1 aromatic rings. The first-order valence-corrected chi connectivity index (χ1v) is 6.19. The minimum Gasteiger partial charge on any atom is -0.481 e. The minimum atomic E-state index is -0.907. The Bertz CT molecular complexity index is 439. The molecule has 0 radical (unpaired) electrons. The molecule has 0 bridgehead atoms. The molecule has 3 N–H and O–H groups in total. The lowest BCUT2D eigenvalue weighted by Crippen LogP contribution is -2.07. The third kappa shape index (κ3) is 2.99. The van der Waals surface area contributed by atoms with Gasteiger partial charge in [-0.1, -0.05) is 25.7 Å². The number of hydrogen-bond donors (Lipinski definition) is 3. The number of hydrogen-bond acceptors (Lipinski definition) is 2. The second-order valence-corrected chi connectivity index (χ2v) is 4.73. The average Bonchev–Trinajstić information content (AvgIpc) is 2.52. The molecule has 0 aromatic carbocycles. The number of carboxylic acids is 1. The predicted molar refractivity (Wildman–Crippen MR) is 63.2 cm³/mol. The van der Waals surface area contributed by atoms with Gasteiger partial charge in [0.15, 0.2) is 0 Å². The van der Waals surface area contributed by atoms with Crippen molar-refractivity contribution in [2.24, 2.45) is 0 Å². The van der Waals surface area contributed by atoms with Crippen molar-refractivity contribution in [1.82, 2.24) is 9.97 Å². The van der Waals surface area contributed by atoms with Crippen molar-refractivity contribution in [3.8, 4) is 0 Å². The maximum atomic E-state index is 11.3. The monoisotopic (exact) mass is 238 g/mol. The Labute approximate surface area is 99.3 Å². The lowest BCUT2D eigenvalue weighted by atomic mass is 9.94. The summed E-state index contributed by atoms with van der Waals surface area (Å²) in [4.78, 5) is 27.4. The second-order valence-electron chi connectivity index (χ2n) is 4.73. The summed E-state index contributed by atoms with van der Waals surface area (Å²) in [7, 11) is 0. The quantitative estimate of drug-likeness (QED) is 0.701. The number of aromatic nitrogens is 2. The molecule has 2 rings (SSSR count). The summed E-state index contributed by atoms with van der Waals surface area (Å²) < 4.78 is 0. The molecule has 1 saturated carbocycles. The van der Waals surface area contributed by atoms with E-state index in [0.717, 1.165) is 31.4 Å². The zero-order chi connectivity index (χ0) is 12.3. The van der Waals surface area contributed by atoms with Crippen LogP contribution in [0.25, 0.3) is 0 Å². The summed E-state index contributed by atoms with van der Waals surface area (Å²) in [5.74, 6) is -0.596. The van der Waals surface area contributed by atoms with Gasteiger partial charge >= 0.3 is 11.7 Å². The van der Waals surface area contributed by atoms with E-state index < -0.39 is 5.97 Å². The number of carboxylic acid groups (broad SMARTS) is 1. The van der Waals surface area contributed by atoms with Crippen LogP contribution in [0.2, 0.25) is 0 Å². The van der Waals surface area contributed by atoms with Gasteiger partial charge in [-0.2, -0.15) is 0 Å². The van der Waals surface area contributed by atoms with Gasteiger partial charge in [0.2, 0.25) is 0 Å². The molecule has 0 aliphatic heterocycles. The standard InChI is InChI=1S/C12H18N2O3/c15-10(16)7-9-11(14-12(17)13-9)8-5-3-1-2-4-6-8/h8H,1-7H2,(H,15,16)(H2,13,14,17). The van der Waals surface area contributed by atoms with Crippen LogP contribution in [0.15, 0.2) is 4.79 Å². The van der Waals surface area contributed by atoms with Crippen molar-refractivity contribution in [3.05, 3.63) is 21.9 Å². The van der Waals surface area contributed by atoms with Crippen molar-refractivity contribution in [2.75, 3.05) is 0 Å². The van der Waals surface area contributed by atoms with Gasteiger partial charge in [-0.15, -0.1) is 0 Å². The SMILES string of the molecule is O=C(O)Cc1[nH]c(=O)[nH]c1C1CCCCCC1. The van der Waals surface area contributed by atoms with Crippen molar-refractivity contribution < 1.29 is 9.90 Å². The fourth-order valence-corrected chi connectivity index (χ4v) is 2.64. The third-order valence-electron chi connectivity index (χ3n) is 3.43. The van der Waals surface area contributed by atoms with Crippen LogP contribution in [0, 0.1) is 0 Å². The van der Waals surface area contributed by atoms with Crippen molar-refractivity contribution >= 4 is 5.97 Å². The predicted octanol–water partition coefficient (Wildman–Crippen LogP) is 1.77. The molecule has 0 atom stereocenters. The van der Waals surface area contributed by atoms with Crippen LogP contribution in [0.3, 0.4) is 0 Å². The number of aromatic amines is 2. The summed E-state index contributed by atoms with van der Waals surface area (Å²) in [6.45, 7) is 0. The highest BCUT2D eigenvalue weighted by atomic mass is 16.4. The van der Waals surface area contributed by atoms with E-state index in [1.165, 1.54) is 12.8 Å². The first kappa shape index (κ1) is 12.0. The molecule has 5 nitrogen and oxygen atoms in total. The molecule has 5 heteroatoms. The zero-order valence-corrected chi connectivity index (χ0v) is 9.79. The van der Waals surface area contributed by atoms with Gasteiger partial charge in [-0.05, 0) is 12.8 Å². The topological polar surface area (TPSA) is 85.9 Å². The molecule has 0 amide bonds. The van der Waals surface area contributed by atoms with Gasteiger partial charge in [0, 0.05) is 11.6 Å². The molecule has 1 aromatic heterocycles. The van der Waals surface area contributed by atoms with Gasteiger partial charge in [0.05, 0.1) is 12.1 Å². The van der Waals surface area contributed by atoms with Crippen LogP contribution >= 0.6 is 0 Å². The largest absolute Gasteiger partial charge is 0.481 e. The van der Waals surface area contributed by atoms with E-state index in [1.54, 1.807) is 0 Å². The lowest BCUT2D eigenvalue weighted by molar-refractivity contribution is -0.136. The summed E-state index contributed by atoms with van der Waals surface area (Å²) >= 11 is 0. The molecule has 17 heavy (non-hydrogen) atoms. The van der Waals surface area contributed by atoms with Gasteiger partial charge in [-0.3, -0.25) is 4.79 Å². The molecule has 0 saturated heterocycles. The van der Waals surface area contributed by atoms with Crippen molar-refractivity contribution in [2.45, 2.75) is 50.9 Å². The first-order chi connectivity index (χ1) is 8.16.